The first-order valence-electron chi connectivity index (χ1n) is 5.18. The predicted octanol–water partition coefficient (Wildman–Crippen LogP) is -1.28. The zero-order chi connectivity index (χ0) is 12.2. The SMILES string of the molecule is C[N+](C)(C)CCNc1ccccc1[N+](=O)[O-].[I-]. The third-order valence-corrected chi connectivity index (χ3v) is 2.20. The predicted molar refractivity (Wildman–Crippen MR) is 64.5 cm³/mol. The number of para-hydroxylation sites is 2. The molecule has 0 aromatic heterocycles. The highest BCUT2D eigenvalue weighted by molar-refractivity contribution is 5.60. The summed E-state index contributed by atoms with van der Waals surface area (Å²) in [5.41, 5.74) is 0.713. The zero-order valence-electron chi connectivity index (χ0n) is 10.3. The van der Waals surface area contributed by atoms with Crippen molar-refractivity contribution in [3.05, 3.63) is 34.4 Å². The lowest BCUT2D eigenvalue weighted by Gasteiger charge is -2.24. The Hall–Kier alpha value is -0.890. The lowest BCUT2D eigenvalue weighted by atomic mass is 10.2. The van der Waals surface area contributed by atoms with Gasteiger partial charge in [-0.1, -0.05) is 12.1 Å². The van der Waals surface area contributed by atoms with E-state index in [9.17, 15) is 10.1 Å². The third kappa shape index (κ3) is 5.83. The number of anilines is 1. The van der Waals surface area contributed by atoms with E-state index in [4.69, 9.17) is 0 Å². The van der Waals surface area contributed by atoms with Crippen molar-refractivity contribution in [1.82, 2.24) is 0 Å². The Labute approximate surface area is 119 Å². The highest BCUT2D eigenvalue weighted by Crippen LogP contribution is 2.22. The number of rotatable bonds is 5. The second-order valence-corrected chi connectivity index (χ2v) is 4.71. The average Bonchev–Trinajstić information content (AvgIpc) is 2.16. The molecule has 0 spiro atoms. The molecule has 1 N–H and O–H groups in total. The van der Waals surface area contributed by atoms with Crippen LogP contribution in [-0.4, -0.2) is 43.6 Å². The van der Waals surface area contributed by atoms with Crippen LogP contribution >= 0.6 is 0 Å². The molecule has 0 heterocycles. The fourth-order valence-corrected chi connectivity index (χ4v) is 1.31. The Morgan fingerprint density at radius 2 is 1.88 bits per heavy atom. The van der Waals surface area contributed by atoms with Crippen LogP contribution in [0.15, 0.2) is 24.3 Å². The molecule has 0 bridgehead atoms. The van der Waals surface area contributed by atoms with E-state index in [0.717, 1.165) is 11.0 Å². The highest BCUT2D eigenvalue weighted by atomic mass is 127. The Bertz CT molecular complexity index is 377. The van der Waals surface area contributed by atoms with Gasteiger partial charge in [-0.25, -0.2) is 0 Å². The van der Waals surface area contributed by atoms with Crippen molar-refractivity contribution in [2.24, 2.45) is 0 Å². The van der Waals surface area contributed by atoms with Gasteiger partial charge in [-0.3, -0.25) is 10.1 Å². The Kier molecular flexibility index (Phi) is 6.40. The molecule has 0 saturated heterocycles. The fraction of sp³-hybridized carbons (Fsp3) is 0.455. The first-order valence-corrected chi connectivity index (χ1v) is 5.18. The molecular weight excluding hydrogens is 333 g/mol. The molecule has 96 valence electrons. The van der Waals surface area contributed by atoms with Crippen LogP contribution in [0.1, 0.15) is 0 Å². The van der Waals surface area contributed by atoms with E-state index in [0.29, 0.717) is 12.2 Å². The maximum absolute atomic E-state index is 10.7. The second-order valence-electron chi connectivity index (χ2n) is 4.71. The van der Waals surface area contributed by atoms with Crippen molar-refractivity contribution in [1.29, 1.82) is 0 Å². The normalized spacial score (nSPS) is 10.5. The zero-order valence-corrected chi connectivity index (χ0v) is 12.5. The summed E-state index contributed by atoms with van der Waals surface area (Å²) < 4.78 is 0.827. The van der Waals surface area contributed by atoms with Gasteiger partial charge >= 0.3 is 0 Å². The van der Waals surface area contributed by atoms with Gasteiger partial charge in [0.1, 0.15) is 5.69 Å². The van der Waals surface area contributed by atoms with Gasteiger partial charge in [0.2, 0.25) is 0 Å². The standard InChI is InChI=1S/C11H18N3O2.HI/c1-14(2,3)9-8-12-10-6-4-5-7-11(10)13(15)16;/h4-7,12H,8-9H2,1-3H3;1H/q+1;/p-1. The van der Waals surface area contributed by atoms with Crippen LogP contribution in [0.4, 0.5) is 11.4 Å². The number of hydrogen-bond donors (Lipinski definition) is 1. The van der Waals surface area contributed by atoms with E-state index in [-0.39, 0.29) is 34.6 Å². The third-order valence-electron chi connectivity index (χ3n) is 2.20. The molecule has 6 heteroatoms. The number of likely N-dealkylation sites (N-methyl/N-ethyl adjacent to an activating group) is 1. The van der Waals surface area contributed by atoms with Gasteiger partial charge in [0, 0.05) is 6.07 Å². The van der Waals surface area contributed by atoms with Crippen molar-refractivity contribution in [3.8, 4) is 0 Å². The Balaban J connectivity index is 0.00000256. The molecule has 0 amide bonds. The van der Waals surface area contributed by atoms with Crippen molar-refractivity contribution >= 4 is 11.4 Å². The maximum Gasteiger partial charge on any atom is 0.292 e. The molecule has 0 radical (unpaired) electrons. The summed E-state index contributed by atoms with van der Waals surface area (Å²) in [4.78, 5) is 10.4. The molecule has 0 fully saturated rings. The van der Waals surface area contributed by atoms with E-state index < -0.39 is 0 Å². The van der Waals surface area contributed by atoms with Crippen molar-refractivity contribution in [3.63, 3.8) is 0 Å². The van der Waals surface area contributed by atoms with Gasteiger partial charge in [-0.05, 0) is 6.07 Å². The van der Waals surface area contributed by atoms with Gasteiger partial charge in [0.05, 0.1) is 39.2 Å². The number of benzene rings is 1. The van der Waals surface area contributed by atoms with Crippen molar-refractivity contribution in [2.75, 3.05) is 39.5 Å². The average molecular weight is 351 g/mol. The lowest BCUT2D eigenvalue weighted by Crippen LogP contribution is -3.00. The van der Waals surface area contributed by atoms with E-state index >= 15 is 0 Å². The summed E-state index contributed by atoms with van der Waals surface area (Å²) >= 11 is 0. The highest BCUT2D eigenvalue weighted by Gasteiger charge is 2.12. The van der Waals surface area contributed by atoms with E-state index in [1.165, 1.54) is 6.07 Å². The van der Waals surface area contributed by atoms with Crippen molar-refractivity contribution < 1.29 is 33.4 Å². The minimum Gasteiger partial charge on any atom is -1.00 e. The number of nitro benzene ring substituents is 1. The number of quaternary nitrogens is 1. The largest absolute Gasteiger partial charge is 1.00 e. The summed E-state index contributed by atoms with van der Waals surface area (Å²) in [6, 6.07) is 6.70. The number of halogens is 1. The quantitative estimate of drug-likeness (QED) is 0.311. The number of nitro groups is 1. The molecule has 5 nitrogen and oxygen atoms in total. The van der Waals surface area contributed by atoms with Crippen LogP contribution in [0.25, 0.3) is 0 Å². The minimum atomic E-state index is -0.367. The molecule has 17 heavy (non-hydrogen) atoms. The molecule has 1 aromatic rings. The van der Waals surface area contributed by atoms with Crippen LogP contribution in [-0.2, 0) is 0 Å². The Morgan fingerprint density at radius 1 is 1.29 bits per heavy atom. The molecule has 0 saturated carbocycles. The lowest BCUT2D eigenvalue weighted by molar-refractivity contribution is -0.868. The summed E-state index contributed by atoms with van der Waals surface area (Å²) in [5, 5.41) is 13.8. The van der Waals surface area contributed by atoms with Crippen LogP contribution < -0.4 is 29.3 Å². The van der Waals surface area contributed by atoms with Crippen LogP contribution in [0.2, 0.25) is 0 Å². The topological polar surface area (TPSA) is 55.2 Å². The molecule has 0 aliphatic carbocycles. The molecule has 0 unspecified atom stereocenters. The van der Waals surface area contributed by atoms with Gasteiger partial charge in [-0.2, -0.15) is 0 Å². The first kappa shape index (κ1) is 16.1. The fourth-order valence-electron chi connectivity index (χ4n) is 1.31. The minimum absolute atomic E-state index is 0. The Morgan fingerprint density at radius 3 is 2.41 bits per heavy atom. The molecule has 0 aliphatic rings. The molecule has 1 rings (SSSR count). The summed E-state index contributed by atoms with van der Waals surface area (Å²) in [6.07, 6.45) is 0. The van der Waals surface area contributed by atoms with Crippen LogP contribution in [0.5, 0.6) is 0 Å². The summed E-state index contributed by atoms with van der Waals surface area (Å²) in [5.74, 6) is 0. The van der Waals surface area contributed by atoms with Gasteiger partial charge in [0.25, 0.3) is 5.69 Å². The van der Waals surface area contributed by atoms with E-state index in [2.05, 4.69) is 26.5 Å². The van der Waals surface area contributed by atoms with E-state index in [1.807, 2.05) is 0 Å². The monoisotopic (exact) mass is 351 g/mol. The van der Waals surface area contributed by atoms with Crippen LogP contribution in [0, 0.1) is 10.1 Å². The maximum atomic E-state index is 10.7. The molecule has 0 atom stereocenters. The first-order chi connectivity index (χ1) is 7.40. The molecule has 0 aliphatic heterocycles. The number of hydrogen-bond acceptors (Lipinski definition) is 3. The van der Waals surface area contributed by atoms with E-state index in [1.54, 1.807) is 18.2 Å². The number of nitrogens with zero attached hydrogens (tertiary/aromatic N) is 2. The second kappa shape index (κ2) is 6.75. The molecule has 1 aromatic carbocycles. The van der Waals surface area contributed by atoms with Crippen molar-refractivity contribution in [2.45, 2.75) is 0 Å². The van der Waals surface area contributed by atoms with Gasteiger partial charge < -0.3 is 33.8 Å². The summed E-state index contributed by atoms with van der Waals surface area (Å²) in [7, 11) is 6.25. The molecular formula is C11H18IN3O2. The smallest absolute Gasteiger partial charge is 0.292 e. The number of nitrogens with one attached hydrogen (secondary N) is 1. The van der Waals surface area contributed by atoms with Crippen LogP contribution in [0.3, 0.4) is 0 Å². The summed E-state index contributed by atoms with van der Waals surface area (Å²) in [6.45, 7) is 1.63. The van der Waals surface area contributed by atoms with Gasteiger partial charge in [-0.15, -0.1) is 0 Å². The van der Waals surface area contributed by atoms with Gasteiger partial charge in [0.15, 0.2) is 0 Å².